The van der Waals surface area contributed by atoms with Crippen molar-refractivity contribution in [3.8, 4) is 0 Å². The van der Waals surface area contributed by atoms with Gasteiger partial charge in [-0.2, -0.15) is 0 Å². The highest BCUT2D eigenvalue weighted by Crippen LogP contribution is 2.15. The SMILES string of the molecule is CCC(CO)NC(=O)NC(C)CC(C)(C)OC. The van der Waals surface area contributed by atoms with Crippen LogP contribution in [0.3, 0.4) is 0 Å². The normalized spacial score (nSPS) is 15.2. The molecule has 0 saturated carbocycles. The van der Waals surface area contributed by atoms with Gasteiger partial charge in [-0.25, -0.2) is 4.79 Å². The molecule has 0 aromatic heterocycles. The van der Waals surface area contributed by atoms with Crippen LogP contribution in [0.1, 0.15) is 40.5 Å². The molecular formula is C12H26N2O3. The van der Waals surface area contributed by atoms with Gasteiger partial charge in [-0.1, -0.05) is 6.92 Å². The van der Waals surface area contributed by atoms with Crippen LogP contribution in [0.2, 0.25) is 0 Å². The first-order valence-electron chi connectivity index (χ1n) is 6.07. The summed E-state index contributed by atoms with van der Waals surface area (Å²) in [6, 6.07) is -0.413. The zero-order valence-electron chi connectivity index (χ0n) is 11.5. The zero-order chi connectivity index (χ0) is 13.5. The second-order valence-electron chi connectivity index (χ2n) is 4.97. The van der Waals surface area contributed by atoms with Gasteiger partial charge in [0.05, 0.1) is 18.2 Å². The molecule has 0 heterocycles. The van der Waals surface area contributed by atoms with Gasteiger partial charge in [0.2, 0.25) is 0 Å². The largest absolute Gasteiger partial charge is 0.394 e. The summed E-state index contributed by atoms with van der Waals surface area (Å²) in [6.45, 7) is 7.76. The Morgan fingerprint density at radius 2 is 2.00 bits per heavy atom. The molecule has 5 nitrogen and oxygen atoms in total. The Balaban J connectivity index is 4.03. The molecule has 102 valence electrons. The Kier molecular flexibility index (Phi) is 7.15. The Morgan fingerprint density at radius 3 is 2.41 bits per heavy atom. The van der Waals surface area contributed by atoms with Crippen LogP contribution in [0.15, 0.2) is 0 Å². The molecule has 0 aliphatic rings. The molecule has 5 heteroatoms. The number of carbonyl (C=O) groups is 1. The molecule has 0 aromatic rings. The van der Waals surface area contributed by atoms with Crippen molar-refractivity contribution in [3.63, 3.8) is 0 Å². The van der Waals surface area contributed by atoms with E-state index in [0.29, 0.717) is 6.42 Å². The minimum absolute atomic E-state index is 0.0150. The Morgan fingerprint density at radius 1 is 1.41 bits per heavy atom. The summed E-state index contributed by atoms with van der Waals surface area (Å²) in [5.74, 6) is 0. The van der Waals surface area contributed by atoms with Gasteiger partial charge in [0.15, 0.2) is 0 Å². The number of carbonyl (C=O) groups excluding carboxylic acids is 1. The number of amides is 2. The molecule has 0 fully saturated rings. The predicted octanol–water partition coefficient (Wildman–Crippen LogP) is 1.26. The fourth-order valence-corrected chi connectivity index (χ4v) is 1.60. The van der Waals surface area contributed by atoms with E-state index < -0.39 is 0 Å². The molecule has 0 aliphatic carbocycles. The molecule has 17 heavy (non-hydrogen) atoms. The smallest absolute Gasteiger partial charge is 0.315 e. The van der Waals surface area contributed by atoms with E-state index in [1.54, 1.807) is 7.11 Å². The lowest BCUT2D eigenvalue weighted by Gasteiger charge is -2.27. The second-order valence-corrected chi connectivity index (χ2v) is 4.97. The van der Waals surface area contributed by atoms with Crippen molar-refractivity contribution in [1.29, 1.82) is 0 Å². The molecule has 2 atom stereocenters. The third kappa shape index (κ3) is 7.18. The van der Waals surface area contributed by atoms with E-state index in [-0.39, 0.29) is 30.3 Å². The second kappa shape index (κ2) is 7.50. The Labute approximate surface area is 104 Å². The van der Waals surface area contributed by atoms with Crippen LogP contribution in [0, 0.1) is 0 Å². The van der Waals surface area contributed by atoms with Gasteiger partial charge in [0, 0.05) is 13.2 Å². The maximum Gasteiger partial charge on any atom is 0.315 e. The van der Waals surface area contributed by atoms with Crippen LogP contribution in [0.25, 0.3) is 0 Å². The monoisotopic (exact) mass is 246 g/mol. The van der Waals surface area contributed by atoms with Gasteiger partial charge in [-0.15, -0.1) is 0 Å². The molecule has 0 rings (SSSR count). The third-order valence-corrected chi connectivity index (χ3v) is 2.78. The number of aliphatic hydroxyl groups excluding tert-OH is 1. The highest BCUT2D eigenvalue weighted by Gasteiger charge is 2.21. The van der Waals surface area contributed by atoms with Crippen LogP contribution in [0.5, 0.6) is 0 Å². The van der Waals surface area contributed by atoms with Gasteiger partial charge < -0.3 is 20.5 Å². The molecule has 3 N–H and O–H groups in total. The summed E-state index contributed by atoms with van der Waals surface area (Å²) in [5.41, 5.74) is -0.256. The van der Waals surface area contributed by atoms with E-state index in [4.69, 9.17) is 9.84 Å². The molecule has 0 aliphatic heterocycles. The standard InChI is InChI=1S/C12H26N2O3/c1-6-10(8-15)14-11(16)13-9(2)7-12(3,4)17-5/h9-10,15H,6-8H2,1-5H3,(H2,13,14,16). The fraction of sp³-hybridized carbons (Fsp3) is 0.917. The summed E-state index contributed by atoms with van der Waals surface area (Å²) in [4.78, 5) is 11.6. The van der Waals surface area contributed by atoms with Crippen LogP contribution in [0.4, 0.5) is 4.79 Å². The maximum atomic E-state index is 11.6. The summed E-state index contributed by atoms with van der Waals surface area (Å²) in [7, 11) is 1.66. The number of rotatable bonds is 7. The zero-order valence-corrected chi connectivity index (χ0v) is 11.5. The minimum Gasteiger partial charge on any atom is -0.394 e. The number of hydrogen-bond acceptors (Lipinski definition) is 3. The number of methoxy groups -OCH3 is 1. The minimum atomic E-state index is -0.256. The van der Waals surface area contributed by atoms with Crippen molar-refractivity contribution in [1.82, 2.24) is 10.6 Å². The number of aliphatic hydroxyl groups is 1. The number of urea groups is 1. The summed E-state index contributed by atoms with van der Waals surface area (Å²) in [5, 5.41) is 14.5. The predicted molar refractivity (Wildman–Crippen MR) is 68.0 cm³/mol. The fourth-order valence-electron chi connectivity index (χ4n) is 1.60. The highest BCUT2D eigenvalue weighted by molar-refractivity contribution is 5.74. The van der Waals surface area contributed by atoms with Gasteiger partial charge >= 0.3 is 6.03 Å². The van der Waals surface area contributed by atoms with E-state index >= 15 is 0 Å². The van der Waals surface area contributed by atoms with Gasteiger partial charge in [-0.3, -0.25) is 0 Å². The molecular weight excluding hydrogens is 220 g/mol. The van der Waals surface area contributed by atoms with Crippen molar-refractivity contribution >= 4 is 6.03 Å². The van der Waals surface area contributed by atoms with Crippen molar-refractivity contribution < 1.29 is 14.6 Å². The average molecular weight is 246 g/mol. The summed E-state index contributed by atoms with van der Waals surface area (Å²) >= 11 is 0. The van der Waals surface area contributed by atoms with E-state index in [1.165, 1.54) is 0 Å². The summed E-state index contributed by atoms with van der Waals surface area (Å²) < 4.78 is 5.30. The first-order valence-corrected chi connectivity index (χ1v) is 6.07. The average Bonchev–Trinajstić information content (AvgIpc) is 2.24. The summed E-state index contributed by atoms with van der Waals surface area (Å²) in [6.07, 6.45) is 1.44. The highest BCUT2D eigenvalue weighted by atomic mass is 16.5. The van der Waals surface area contributed by atoms with Crippen molar-refractivity contribution in [2.75, 3.05) is 13.7 Å². The molecule has 0 radical (unpaired) electrons. The van der Waals surface area contributed by atoms with E-state index in [0.717, 1.165) is 6.42 Å². The molecule has 0 spiro atoms. The lowest BCUT2D eigenvalue weighted by molar-refractivity contribution is 0.00946. The van der Waals surface area contributed by atoms with E-state index in [1.807, 2.05) is 27.7 Å². The van der Waals surface area contributed by atoms with Crippen LogP contribution >= 0.6 is 0 Å². The molecule has 2 unspecified atom stereocenters. The number of nitrogens with one attached hydrogen (secondary N) is 2. The maximum absolute atomic E-state index is 11.6. The van der Waals surface area contributed by atoms with Crippen LogP contribution in [-0.2, 0) is 4.74 Å². The lowest BCUT2D eigenvalue weighted by Crippen LogP contribution is -2.48. The number of ether oxygens (including phenoxy) is 1. The van der Waals surface area contributed by atoms with Gasteiger partial charge in [0.25, 0.3) is 0 Å². The van der Waals surface area contributed by atoms with Crippen molar-refractivity contribution in [2.24, 2.45) is 0 Å². The van der Waals surface area contributed by atoms with Crippen LogP contribution in [-0.4, -0.2) is 42.5 Å². The van der Waals surface area contributed by atoms with Crippen molar-refractivity contribution in [2.45, 2.75) is 58.2 Å². The molecule has 0 aromatic carbocycles. The molecule has 0 saturated heterocycles. The lowest BCUT2D eigenvalue weighted by atomic mass is 10.00. The number of hydrogen-bond donors (Lipinski definition) is 3. The topological polar surface area (TPSA) is 70.6 Å². The molecule has 2 amide bonds. The first kappa shape index (κ1) is 16.2. The van der Waals surface area contributed by atoms with Crippen molar-refractivity contribution in [3.05, 3.63) is 0 Å². The first-order chi connectivity index (χ1) is 7.84. The van der Waals surface area contributed by atoms with Crippen LogP contribution < -0.4 is 10.6 Å². The quantitative estimate of drug-likeness (QED) is 0.633. The van der Waals surface area contributed by atoms with E-state index in [9.17, 15) is 4.79 Å². The Hall–Kier alpha value is -0.810. The van der Waals surface area contributed by atoms with Gasteiger partial charge in [0.1, 0.15) is 0 Å². The van der Waals surface area contributed by atoms with E-state index in [2.05, 4.69) is 10.6 Å². The third-order valence-electron chi connectivity index (χ3n) is 2.78. The Bertz CT molecular complexity index is 228. The molecule has 0 bridgehead atoms. The van der Waals surface area contributed by atoms with Gasteiger partial charge in [-0.05, 0) is 33.6 Å².